The van der Waals surface area contributed by atoms with Gasteiger partial charge in [0.1, 0.15) is 0 Å². The van der Waals surface area contributed by atoms with E-state index in [2.05, 4.69) is 12.6 Å². The fourth-order valence-corrected chi connectivity index (χ4v) is 4.61. The van der Waals surface area contributed by atoms with Crippen LogP contribution in [0, 0.1) is 29.3 Å². The minimum Gasteiger partial charge on any atom is -0.204 e. The molecule has 0 heterocycles. The van der Waals surface area contributed by atoms with Gasteiger partial charge in [-0.25, -0.2) is 13.2 Å². The number of hydrogen-bond donors (Lipinski definition) is 1. The second-order valence-corrected chi connectivity index (χ2v) is 7.71. The molecule has 1 aromatic rings. The number of benzene rings is 1. The predicted molar refractivity (Wildman–Crippen MR) is 85.7 cm³/mol. The van der Waals surface area contributed by atoms with Crippen LogP contribution in [0.4, 0.5) is 13.2 Å². The van der Waals surface area contributed by atoms with E-state index in [0.717, 1.165) is 37.5 Å². The van der Waals surface area contributed by atoms with Gasteiger partial charge in [-0.15, -0.1) is 0 Å². The Labute approximate surface area is 135 Å². The van der Waals surface area contributed by atoms with Crippen molar-refractivity contribution >= 4 is 12.6 Å². The third-order valence-corrected chi connectivity index (χ3v) is 6.17. The summed E-state index contributed by atoms with van der Waals surface area (Å²) in [7, 11) is 0. The zero-order valence-corrected chi connectivity index (χ0v) is 13.6. The highest BCUT2D eigenvalue weighted by atomic mass is 32.1. The van der Waals surface area contributed by atoms with Crippen molar-refractivity contribution < 1.29 is 13.2 Å². The van der Waals surface area contributed by atoms with Gasteiger partial charge in [0.2, 0.25) is 0 Å². The quantitative estimate of drug-likeness (QED) is 0.510. The molecule has 0 N–H and O–H groups in total. The Morgan fingerprint density at radius 2 is 1.18 bits per heavy atom. The first kappa shape index (κ1) is 16.2. The van der Waals surface area contributed by atoms with Gasteiger partial charge in [0.25, 0.3) is 0 Å². The molecular weight excluding hydrogens is 305 g/mol. The molecule has 2 aliphatic carbocycles. The Hall–Kier alpha value is -0.640. The predicted octanol–water partition coefficient (Wildman–Crippen LogP) is 5.87. The van der Waals surface area contributed by atoms with Gasteiger partial charge in [-0.3, -0.25) is 0 Å². The molecule has 0 aliphatic heterocycles. The maximum atomic E-state index is 13.4. The normalized spacial score (nSPS) is 32.9. The molecule has 0 nitrogen and oxygen atoms in total. The molecule has 0 unspecified atom stereocenters. The molecule has 3 rings (SSSR count). The summed E-state index contributed by atoms with van der Waals surface area (Å²) in [4.78, 5) is 0. The monoisotopic (exact) mass is 328 g/mol. The van der Waals surface area contributed by atoms with Crippen LogP contribution in [0.1, 0.15) is 62.8 Å². The largest absolute Gasteiger partial charge is 0.204 e. The molecule has 22 heavy (non-hydrogen) atoms. The lowest BCUT2D eigenvalue weighted by molar-refractivity contribution is 0.188. The van der Waals surface area contributed by atoms with Crippen molar-refractivity contribution in [3.63, 3.8) is 0 Å². The highest BCUT2D eigenvalue weighted by Crippen LogP contribution is 2.43. The van der Waals surface area contributed by atoms with Crippen molar-refractivity contribution in [2.24, 2.45) is 11.8 Å². The average Bonchev–Trinajstić information content (AvgIpc) is 2.53. The van der Waals surface area contributed by atoms with Gasteiger partial charge in [0.05, 0.1) is 0 Å². The molecule has 0 aromatic heterocycles. The van der Waals surface area contributed by atoms with Crippen LogP contribution >= 0.6 is 12.6 Å². The molecule has 0 bridgehead atoms. The highest BCUT2D eigenvalue weighted by molar-refractivity contribution is 7.80. The number of thiol groups is 1. The van der Waals surface area contributed by atoms with E-state index in [-0.39, 0.29) is 5.92 Å². The maximum absolute atomic E-state index is 13.4. The van der Waals surface area contributed by atoms with E-state index >= 15 is 0 Å². The zero-order chi connectivity index (χ0) is 15.7. The summed E-state index contributed by atoms with van der Waals surface area (Å²) in [5.74, 6) is -1.78. The number of hydrogen-bond acceptors (Lipinski definition) is 1. The Kier molecular flexibility index (Phi) is 5.06. The van der Waals surface area contributed by atoms with Gasteiger partial charge in [0.15, 0.2) is 17.5 Å². The summed E-state index contributed by atoms with van der Waals surface area (Å²) in [6, 6.07) is 2.35. The molecule has 2 aliphatic rings. The van der Waals surface area contributed by atoms with Crippen molar-refractivity contribution in [1.29, 1.82) is 0 Å². The lowest BCUT2D eigenvalue weighted by Gasteiger charge is -2.37. The molecule has 0 atom stereocenters. The standard InChI is InChI=1S/C18H23F3S/c19-16-9-14(10-17(20)18(16)21)13-3-1-11(2-4-13)12-5-7-15(22)8-6-12/h9-13,15,22H,1-8H2. The van der Waals surface area contributed by atoms with Crippen LogP contribution in [-0.2, 0) is 0 Å². The van der Waals surface area contributed by atoms with E-state index in [1.54, 1.807) is 0 Å². The van der Waals surface area contributed by atoms with Crippen LogP contribution in [0.2, 0.25) is 0 Å². The molecule has 2 saturated carbocycles. The molecule has 0 saturated heterocycles. The van der Waals surface area contributed by atoms with Gasteiger partial charge in [0, 0.05) is 5.25 Å². The lowest BCUT2D eigenvalue weighted by Crippen LogP contribution is -2.25. The number of rotatable bonds is 2. The smallest absolute Gasteiger partial charge is 0.194 e. The highest BCUT2D eigenvalue weighted by Gasteiger charge is 2.31. The third kappa shape index (κ3) is 3.47. The molecule has 4 heteroatoms. The van der Waals surface area contributed by atoms with Gasteiger partial charge < -0.3 is 0 Å². The second kappa shape index (κ2) is 6.86. The van der Waals surface area contributed by atoms with E-state index in [1.165, 1.54) is 37.8 Å². The van der Waals surface area contributed by atoms with Crippen molar-refractivity contribution in [2.75, 3.05) is 0 Å². The first-order valence-corrected chi connectivity index (χ1v) is 8.88. The molecule has 0 spiro atoms. The van der Waals surface area contributed by atoms with Crippen LogP contribution in [0.5, 0.6) is 0 Å². The summed E-state index contributed by atoms with van der Waals surface area (Å²) < 4.78 is 39.8. The van der Waals surface area contributed by atoms with Crippen LogP contribution in [0.15, 0.2) is 12.1 Å². The minimum atomic E-state index is -1.36. The van der Waals surface area contributed by atoms with Crippen molar-refractivity contribution in [2.45, 2.75) is 62.5 Å². The number of halogens is 3. The van der Waals surface area contributed by atoms with Gasteiger partial charge in [-0.05, 0) is 86.8 Å². The van der Waals surface area contributed by atoms with Crippen molar-refractivity contribution in [1.82, 2.24) is 0 Å². The summed E-state index contributed by atoms with van der Waals surface area (Å²) in [6.07, 6.45) is 9.10. The molecular formula is C18H23F3S. The Bertz CT molecular complexity index is 492. The maximum Gasteiger partial charge on any atom is 0.194 e. The molecule has 122 valence electrons. The third-order valence-electron chi connectivity index (χ3n) is 5.66. The van der Waals surface area contributed by atoms with Crippen LogP contribution < -0.4 is 0 Å². The Morgan fingerprint density at radius 3 is 1.68 bits per heavy atom. The molecule has 0 amide bonds. The van der Waals surface area contributed by atoms with E-state index < -0.39 is 17.5 Å². The Balaban J connectivity index is 1.60. The molecule has 0 radical (unpaired) electrons. The first-order chi connectivity index (χ1) is 10.5. The van der Waals surface area contributed by atoms with Crippen LogP contribution in [-0.4, -0.2) is 5.25 Å². The fourth-order valence-electron chi connectivity index (χ4n) is 4.31. The Morgan fingerprint density at radius 1 is 0.727 bits per heavy atom. The second-order valence-electron chi connectivity index (χ2n) is 6.98. The van der Waals surface area contributed by atoms with Crippen LogP contribution in [0.25, 0.3) is 0 Å². The molecule has 1 aromatic carbocycles. The topological polar surface area (TPSA) is 0 Å². The SMILES string of the molecule is Fc1cc(C2CCC(C3CCC(S)CC3)CC2)cc(F)c1F. The summed E-state index contributed by atoms with van der Waals surface area (Å²) in [5, 5.41) is 0.567. The van der Waals surface area contributed by atoms with E-state index in [4.69, 9.17) is 0 Å². The van der Waals surface area contributed by atoms with E-state index in [9.17, 15) is 13.2 Å². The van der Waals surface area contributed by atoms with Crippen molar-refractivity contribution in [3.05, 3.63) is 35.1 Å². The summed E-state index contributed by atoms with van der Waals surface area (Å²) >= 11 is 4.55. The summed E-state index contributed by atoms with van der Waals surface area (Å²) in [6.45, 7) is 0. The average molecular weight is 328 g/mol. The first-order valence-electron chi connectivity index (χ1n) is 8.37. The van der Waals surface area contributed by atoms with Gasteiger partial charge in [-0.1, -0.05) is 0 Å². The van der Waals surface area contributed by atoms with Crippen LogP contribution in [0.3, 0.4) is 0 Å². The van der Waals surface area contributed by atoms with E-state index in [1.807, 2.05) is 0 Å². The van der Waals surface area contributed by atoms with Crippen molar-refractivity contribution in [3.8, 4) is 0 Å². The summed E-state index contributed by atoms with van der Waals surface area (Å²) in [5.41, 5.74) is 0.619. The minimum absolute atomic E-state index is 0.169. The van der Waals surface area contributed by atoms with Gasteiger partial charge in [-0.2, -0.15) is 12.6 Å². The van der Waals surface area contributed by atoms with Gasteiger partial charge >= 0.3 is 0 Å². The molecule has 2 fully saturated rings. The fraction of sp³-hybridized carbons (Fsp3) is 0.667. The van der Waals surface area contributed by atoms with E-state index in [0.29, 0.717) is 10.8 Å². The lowest BCUT2D eigenvalue weighted by atomic mass is 9.70. The zero-order valence-electron chi connectivity index (χ0n) is 12.7.